The van der Waals surface area contributed by atoms with E-state index in [1.165, 1.54) is 0 Å². The van der Waals surface area contributed by atoms with Crippen LogP contribution in [-0.2, 0) is 16.0 Å². The lowest BCUT2D eigenvalue weighted by Gasteiger charge is -2.03. The van der Waals surface area contributed by atoms with Crippen LogP contribution in [0, 0.1) is 6.92 Å². The summed E-state index contributed by atoms with van der Waals surface area (Å²) < 4.78 is 15.0. The molecule has 0 bridgehead atoms. The maximum atomic E-state index is 5.26. The van der Waals surface area contributed by atoms with E-state index in [2.05, 4.69) is 15.5 Å². The Morgan fingerprint density at radius 3 is 2.87 bits per heavy atom. The molecule has 0 amide bonds. The van der Waals surface area contributed by atoms with E-state index >= 15 is 0 Å². The van der Waals surface area contributed by atoms with E-state index < -0.39 is 0 Å². The summed E-state index contributed by atoms with van der Waals surface area (Å²) in [5.41, 5.74) is 0. The first kappa shape index (κ1) is 12.1. The van der Waals surface area contributed by atoms with Gasteiger partial charge in [0.15, 0.2) is 5.82 Å². The number of aryl methyl sites for hydroxylation is 1. The number of aromatic nitrogens is 2. The smallest absolute Gasteiger partial charge is 0.240 e. The van der Waals surface area contributed by atoms with Crippen LogP contribution in [-0.4, -0.2) is 43.6 Å². The molecule has 1 aromatic rings. The number of nitrogens with zero attached hydrogens (tertiary/aromatic N) is 2. The summed E-state index contributed by atoms with van der Waals surface area (Å²) in [7, 11) is 1.65. The van der Waals surface area contributed by atoms with Gasteiger partial charge in [-0.05, 0) is 6.92 Å². The molecule has 0 aliphatic carbocycles. The molecule has 0 unspecified atom stereocenters. The molecule has 6 nitrogen and oxygen atoms in total. The van der Waals surface area contributed by atoms with Crippen molar-refractivity contribution in [2.45, 2.75) is 13.5 Å². The highest BCUT2D eigenvalue weighted by atomic mass is 16.5. The van der Waals surface area contributed by atoms with Crippen LogP contribution in [0.4, 0.5) is 0 Å². The molecular formula is C9H17N3O3. The van der Waals surface area contributed by atoms with Crippen LogP contribution in [0.15, 0.2) is 4.52 Å². The molecule has 0 aliphatic heterocycles. The van der Waals surface area contributed by atoms with Crippen molar-refractivity contribution in [3.8, 4) is 0 Å². The van der Waals surface area contributed by atoms with Crippen molar-refractivity contribution in [2.75, 3.05) is 33.5 Å². The molecule has 6 heteroatoms. The summed E-state index contributed by atoms with van der Waals surface area (Å²) in [4.78, 5) is 4.06. The van der Waals surface area contributed by atoms with Gasteiger partial charge in [0.1, 0.15) is 0 Å². The Balaban J connectivity index is 1.93. The third-order valence-corrected chi connectivity index (χ3v) is 1.70. The molecule has 0 radical (unpaired) electrons. The van der Waals surface area contributed by atoms with E-state index in [0.29, 0.717) is 38.1 Å². The fraction of sp³-hybridized carbons (Fsp3) is 0.778. The van der Waals surface area contributed by atoms with Crippen molar-refractivity contribution < 1.29 is 14.0 Å². The van der Waals surface area contributed by atoms with E-state index in [4.69, 9.17) is 14.0 Å². The van der Waals surface area contributed by atoms with Crippen molar-refractivity contribution in [3.05, 3.63) is 11.7 Å². The summed E-state index contributed by atoms with van der Waals surface area (Å²) in [5, 5.41) is 6.81. The Morgan fingerprint density at radius 1 is 1.33 bits per heavy atom. The molecule has 0 fully saturated rings. The van der Waals surface area contributed by atoms with Crippen molar-refractivity contribution in [2.24, 2.45) is 0 Å². The zero-order valence-electron chi connectivity index (χ0n) is 9.15. The zero-order chi connectivity index (χ0) is 10.9. The van der Waals surface area contributed by atoms with Gasteiger partial charge in [-0.15, -0.1) is 0 Å². The van der Waals surface area contributed by atoms with E-state index in [9.17, 15) is 0 Å². The first-order valence-electron chi connectivity index (χ1n) is 4.89. The fourth-order valence-electron chi connectivity index (χ4n) is 0.996. The minimum absolute atomic E-state index is 0.578. The number of hydrogen-bond acceptors (Lipinski definition) is 6. The van der Waals surface area contributed by atoms with Crippen molar-refractivity contribution in [1.29, 1.82) is 0 Å². The zero-order valence-corrected chi connectivity index (χ0v) is 9.15. The predicted octanol–water partition coefficient (Wildman–Crippen LogP) is 0.131. The number of rotatable bonds is 8. The van der Waals surface area contributed by atoms with Gasteiger partial charge in [-0.25, -0.2) is 0 Å². The largest absolute Gasteiger partial charge is 0.382 e. The predicted molar refractivity (Wildman–Crippen MR) is 53.4 cm³/mol. The van der Waals surface area contributed by atoms with E-state index in [1.807, 2.05) is 0 Å². The van der Waals surface area contributed by atoms with Gasteiger partial charge >= 0.3 is 0 Å². The average Bonchev–Trinajstić information content (AvgIpc) is 2.63. The lowest BCUT2D eigenvalue weighted by atomic mass is 10.5. The maximum absolute atomic E-state index is 5.26. The van der Waals surface area contributed by atoms with Gasteiger partial charge in [-0.3, -0.25) is 0 Å². The summed E-state index contributed by atoms with van der Waals surface area (Å²) >= 11 is 0. The Morgan fingerprint density at radius 2 is 2.20 bits per heavy atom. The molecule has 0 atom stereocenters. The minimum atomic E-state index is 0.578. The molecule has 86 valence electrons. The van der Waals surface area contributed by atoms with Gasteiger partial charge in [0.2, 0.25) is 5.89 Å². The van der Waals surface area contributed by atoms with E-state index in [1.54, 1.807) is 14.0 Å². The maximum Gasteiger partial charge on any atom is 0.240 e. The molecule has 1 N–H and O–H groups in total. The molecule has 0 saturated carbocycles. The highest BCUT2D eigenvalue weighted by Crippen LogP contribution is 1.93. The second kappa shape index (κ2) is 7.33. The number of nitrogens with one attached hydrogen (secondary N) is 1. The first-order chi connectivity index (χ1) is 7.33. The summed E-state index contributed by atoms with van der Waals surface area (Å²) in [6, 6.07) is 0. The fourth-order valence-corrected chi connectivity index (χ4v) is 0.996. The van der Waals surface area contributed by atoms with Crippen molar-refractivity contribution in [1.82, 2.24) is 15.5 Å². The van der Waals surface area contributed by atoms with E-state index in [0.717, 1.165) is 6.54 Å². The average molecular weight is 215 g/mol. The Kier molecular flexibility index (Phi) is 5.91. The SMILES string of the molecule is COCCOCCNCc1nc(C)no1. The number of ether oxygens (including phenoxy) is 2. The number of methoxy groups -OCH3 is 1. The molecule has 0 spiro atoms. The Labute approximate surface area is 88.9 Å². The van der Waals surface area contributed by atoms with Crippen LogP contribution in [0.25, 0.3) is 0 Å². The van der Waals surface area contributed by atoms with Crippen LogP contribution in [0.2, 0.25) is 0 Å². The normalized spacial score (nSPS) is 10.8. The number of hydrogen-bond donors (Lipinski definition) is 1. The second-order valence-corrected chi connectivity index (χ2v) is 3.02. The minimum Gasteiger partial charge on any atom is -0.382 e. The summed E-state index contributed by atoms with van der Waals surface area (Å²) in [6.07, 6.45) is 0. The van der Waals surface area contributed by atoms with Gasteiger partial charge in [0.25, 0.3) is 0 Å². The quantitative estimate of drug-likeness (QED) is 0.622. The van der Waals surface area contributed by atoms with Gasteiger partial charge in [0, 0.05) is 13.7 Å². The molecule has 0 aromatic carbocycles. The standard InChI is InChI=1S/C9H17N3O3/c1-8-11-9(15-12-8)7-10-3-4-14-6-5-13-2/h10H,3-7H2,1-2H3. The van der Waals surface area contributed by atoms with Crippen LogP contribution < -0.4 is 5.32 Å². The highest BCUT2D eigenvalue weighted by molar-refractivity contribution is 4.81. The van der Waals surface area contributed by atoms with Gasteiger partial charge in [0.05, 0.1) is 26.4 Å². The van der Waals surface area contributed by atoms with Crippen LogP contribution in [0.1, 0.15) is 11.7 Å². The summed E-state index contributed by atoms with van der Waals surface area (Å²) in [6.45, 7) is 5.03. The van der Waals surface area contributed by atoms with E-state index in [-0.39, 0.29) is 0 Å². The van der Waals surface area contributed by atoms with Crippen molar-refractivity contribution >= 4 is 0 Å². The molecule has 1 rings (SSSR count). The van der Waals surface area contributed by atoms with Gasteiger partial charge in [-0.2, -0.15) is 4.98 Å². The van der Waals surface area contributed by atoms with Crippen LogP contribution >= 0.6 is 0 Å². The Bertz CT molecular complexity index is 265. The monoisotopic (exact) mass is 215 g/mol. The molecule has 0 aliphatic rings. The van der Waals surface area contributed by atoms with Crippen LogP contribution in [0.5, 0.6) is 0 Å². The van der Waals surface area contributed by atoms with Gasteiger partial charge < -0.3 is 19.3 Å². The lowest BCUT2D eigenvalue weighted by Crippen LogP contribution is -2.20. The molecule has 1 heterocycles. The van der Waals surface area contributed by atoms with Crippen molar-refractivity contribution in [3.63, 3.8) is 0 Å². The van der Waals surface area contributed by atoms with Gasteiger partial charge in [-0.1, -0.05) is 5.16 Å². The third kappa shape index (κ3) is 5.46. The second-order valence-electron chi connectivity index (χ2n) is 3.02. The molecule has 1 aromatic heterocycles. The Hall–Kier alpha value is -0.980. The third-order valence-electron chi connectivity index (χ3n) is 1.70. The lowest BCUT2D eigenvalue weighted by molar-refractivity contribution is 0.0717. The first-order valence-corrected chi connectivity index (χ1v) is 4.89. The van der Waals surface area contributed by atoms with Crippen LogP contribution in [0.3, 0.4) is 0 Å². The highest BCUT2D eigenvalue weighted by Gasteiger charge is 2.00. The molecule has 0 saturated heterocycles. The molecular weight excluding hydrogens is 198 g/mol. The summed E-state index contributed by atoms with van der Waals surface area (Å²) in [5.74, 6) is 1.26. The molecule has 15 heavy (non-hydrogen) atoms. The topological polar surface area (TPSA) is 69.4 Å².